The van der Waals surface area contributed by atoms with Gasteiger partial charge in [0.25, 0.3) is 0 Å². The summed E-state index contributed by atoms with van der Waals surface area (Å²) in [5, 5.41) is 3.18. The van der Waals surface area contributed by atoms with E-state index in [1.54, 1.807) is 11.1 Å². The topological polar surface area (TPSA) is 50.2 Å². The molecule has 1 rings (SSSR count). The third-order valence-electron chi connectivity index (χ3n) is 3.02. The van der Waals surface area contributed by atoms with Crippen LogP contribution in [0.4, 0.5) is 0 Å². The number of carbonyl (C=O) groups excluding carboxylic acids is 1. The number of amides is 1. The van der Waals surface area contributed by atoms with E-state index >= 15 is 0 Å². The second-order valence-corrected chi connectivity index (χ2v) is 4.78. The molecule has 0 bridgehead atoms. The number of hydrogen-bond acceptors (Lipinski definition) is 3. The first kappa shape index (κ1) is 14.7. The summed E-state index contributed by atoms with van der Waals surface area (Å²) in [5.74, 6) is 0.152. The summed E-state index contributed by atoms with van der Waals surface area (Å²) >= 11 is 0. The molecule has 1 amide bonds. The van der Waals surface area contributed by atoms with E-state index in [2.05, 4.69) is 14.9 Å². The second kappa shape index (κ2) is 7.87. The number of carbonyl (C=O) groups is 1. The number of nitrogens with zero attached hydrogens (tertiary/aromatic N) is 3. The van der Waals surface area contributed by atoms with Crippen LogP contribution in [-0.4, -0.2) is 46.5 Å². The molecule has 0 aromatic carbocycles. The number of aryl methyl sites for hydroxylation is 1. The van der Waals surface area contributed by atoms with Gasteiger partial charge < -0.3 is 14.8 Å². The maximum atomic E-state index is 11.7. The highest BCUT2D eigenvalue weighted by Gasteiger charge is 2.10. The molecule has 0 aliphatic heterocycles. The van der Waals surface area contributed by atoms with Gasteiger partial charge in [0.2, 0.25) is 5.91 Å². The zero-order chi connectivity index (χ0) is 13.4. The SMILES string of the molecule is CC(C)N(C)C(=O)CNCCCCn1ccnc1. The van der Waals surface area contributed by atoms with Crippen LogP contribution in [0.5, 0.6) is 0 Å². The van der Waals surface area contributed by atoms with Crippen LogP contribution in [0.1, 0.15) is 26.7 Å². The first-order chi connectivity index (χ1) is 8.61. The van der Waals surface area contributed by atoms with Gasteiger partial charge in [-0.3, -0.25) is 4.79 Å². The van der Waals surface area contributed by atoms with Crippen LogP contribution in [0.3, 0.4) is 0 Å². The van der Waals surface area contributed by atoms with Crippen molar-refractivity contribution in [3.63, 3.8) is 0 Å². The Morgan fingerprint density at radius 3 is 2.83 bits per heavy atom. The average Bonchev–Trinajstić information content (AvgIpc) is 2.85. The minimum Gasteiger partial charge on any atom is -0.342 e. The molecule has 0 fully saturated rings. The highest BCUT2D eigenvalue weighted by molar-refractivity contribution is 5.78. The number of rotatable bonds is 8. The van der Waals surface area contributed by atoms with Gasteiger partial charge in [-0.25, -0.2) is 4.98 Å². The van der Waals surface area contributed by atoms with Crippen LogP contribution in [0, 0.1) is 0 Å². The van der Waals surface area contributed by atoms with Crippen molar-refractivity contribution < 1.29 is 4.79 Å². The highest BCUT2D eigenvalue weighted by atomic mass is 16.2. The van der Waals surface area contributed by atoms with Gasteiger partial charge in [-0.1, -0.05) is 0 Å². The summed E-state index contributed by atoms with van der Waals surface area (Å²) in [6.07, 6.45) is 7.75. The molecule has 1 aromatic heterocycles. The summed E-state index contributed by atoms with van der Waals surface area (Å²) in [5.41, 5.74) is 0. The Hall–Kier alpha value is -1.36. The lowest BCUT2D eigenvalue weighted by atomic mass is 10.3. The van der Waals surface area contributed by atoms with E-state index in [9.17, 15) is 4.79 Å². The smallest absolute Gasteiger partial charge is 0.236 e. The third-order valence-corrected chi connectivity index (χ3v) is 3.02. The molecule has 0 spiro atoms. The number of likely N-dealkylation sites (N-methyl/N-ethyl adjacent to an activating group) is 1. The zero-order valence-corrected chi connectivity index (χ0v) is 11.6. The summed E-state index contributed by atoms with van der Waals surface area (Å²) in [6.45, 7) is 6.33. The number of nitrogens with one attached hydrogen (secondary N) is 1. The van der Waals surface area contributed by atoms with Crippen LogP contribution < -0.4 is 5.32 Å². The van der Waals surface area contributed by atoms with Gasteiger partial charge in [0, 0.05) is 32.0 Å². The minimum absolute atomic E-state index is 0.152. The van der Waals surface area contributed by atoms with E-state index in [1.807, 2.05) is 33.4 Å². The first-order valence-electron chi connectivity index (χ1n) is 6.53. The van der Waals surface area contributed by atoms with E-state index < -0.39 is 0 Å². The average molecular weight is 252 g/mol. The Labute approximate surface area is 109 Å². The van der Waals surface area contributed by atoms with Crippen molar-refractivity contribution in [2.24, 2.45) is 0 Å². The molecule has 18 heavy (non-hydrogen) atoms. The fraction of sp³-hybridized carbons (Fsp3) is 0.692. The van der Waals surface area contributed by atoms with Crippen molar-refractivity contribution in [3.05, 3.63) is 18.7 Å². The Bertz CT molecular complexity index is 335. The summed E-state index contributed by atoms with van der Waals surface area (Å²) < 4.78 is 2.07. The predicted octanol–water partition coefficient (Wildman–Crippen LogP) is 1.12. The van der Waals surface area contributed by atoms with Gasteiger partial charge in [0.15, 0.2) is 0 Å². The fourth-order valence-electron chi connectivity index (χ4n) is 1.57. The van der Waals surface area contributed by atoms with E-state index in [0.717, 1.165) is 25.9 Å². The zero-order valence-electron chi connectivity index (χ0n) is 11.6. The molecule has 1 N–H and O–H groups in total. The molecular weight excluding hydrogens is 228 g/mol. The molecule has 5 heteroatoms. The minimum atomic E-state index is 0.152. The van der Waals surface area contributed by atoms with E-state index in [4.69, 9.17) is 0 Å². The molecule has 0 radical (unpaired) electrons. The lowest BCUT2D eigenvalue weighted by molar-refractivity contribution is -0.130. The summed E-state index contributed by atoms with van der Waals surface area (Å²) in [4.78, 5) is 17.4. The lowest BCUT2D eigenvalue weighted by Gasteiger charge is -2.21. The molecule has 0 aliphatic carbocycles. The molecular formula is C13H24N4O. The highest BCUT2D eigenvalue weighted by Crippen LogP contribution is 1.95. The molecule has 0 aliphatic rings. The first-order valence-corrected chi connectivity index (χ1v) is 6.53. The van der Waals surface area contributed by atoms with E-state index in [0.29, 0.717) is 6.54 Å². The molecule has 1 aromatic rings. The largest absolute Gasteiger partial charge is 0.342 e. The number of hydrogen-bond donors (Lipinski definition) is 1. The Morgan fingerprint density at radius 1 is 1.44 bits per heavy atom. The maximum absolute atomic E-state index is 11.7. The predicted molar refractivity (Wildman–Crippen MR) is 72.2 cm³/mol. The Morgan fingerprint density at radius 2 is 2.22 bits per heavy atom. The van der Waals surface area contributed by atoms with E-state index in [1.165, 1.54) is 0 Å². The quantitative estimate of drug-likeness (QED) is 0.705. The van der Waals surface area contributed by atoms with E-state index in [-0.39, 0.29) is 11.9 Å². The molecule has 0 atom stereocenters. The standard InChI is InChI=1S/C13H24N4O/c1-12(2)16(3)13(18)10-14-6-4-5-8-17-9-7-15-11-17/h7,9,11-12,14H,4-6,8,10H2,1-3H3. The van der Waals surface area contributed by atoms with Crippen LogP contribution >= 0.6 is 0 Å². The molecule has 5 nitrogen and oxygen atoms in total. The maximum Gasteiger partial charge on any atom is 0.236 e. The number of unbranched alkanes of at least 4 members (excludes halogenated alkanes) is 1. The van der Waals surface area contributed by atoms with Crippen molar-refractivity contribution in [3.8, 4) is 0 Å². The fourth-order valence-corrected chi connectivity index (χ4v) is 1.57. The van der Waals surface area contributed by atoms with Gasteiger partial charge in [-0.2, -0.15) is 0 Å². The monoisotopic (exact) mass is 252 g/mol. The Kier molecular flexibility index (Phi) is 6.43. The van der Waals surface area contributed by atoms with Crippen LogP contribution in [-0.2, 0) is 11.3 Å². The molecule has 1 heterocycles. The Balaban J connectivity index is 2.00. The molecule has 0 saturated heterocycles. The molecule has 102 valence electrons. The van der Waals surface area contributed by atoms with Crippen molar-refractivity contribution >= 4 is 5.91 Å². The van der Waals surface area contributed by atoms with Gasteiger partial charge in [0.1, 0.15) is 0 Å². The lowest BCUT2D eigenvalue weighted by Crippen LogP contribution is -2.39. The third kappa shape index (κ3) is 5.31. The van der Waals surface area contributed by atoms with Gasteiger partial charge in [-0.15, -0.1) is 0 Å². The van der Waals surface area contributed by atoms with Crippen molar-refractivity contribution in [2.75, 3.05) is 20.1 Å². The number of aromatic nitrogens is 2. The summed E-state index contributed by atoms with van der Waals surface area (Å²) in [7, 11) is 1.84. The van der Waals surface area contributed by atoms with Crippen molar-refractivity contribution in [1.82, 2.24) is 19.8 Å². The van der Waals surface area contributed by atoms with Gasteiger partial charge in [0.05, 0.1) is 12.9 Å². The van der Waals surface area contributed by atoms with Gasteiger partial charge >= 0.3 is 0 Å². The molecule has 0 unspecified atom stereocenters. The number of imidazole rings is 1. The van der Waals surface area contributed by atoms with Crippen LogP contribution in [0.2, 0.25) is 0 Å². The van der Waals surface area contributed by atoms with Crippen LogP contribution in [0.15, 0.2) is 18.7 Å². The van der Waals surface area contributed by atoms with Crippen molar-refractivity contribution in [2.45, 2.75) is 39.3 Å². The second-order valence-electron chi connectivity index (χ2n) is 4.78. The normalized spacial score (nSPS) is 10.9. The summed E-state index contributed by atoms with van der Waals surface area (Å²) in [6, 6.07) is 0.264. The van der Waals surface area contributed by atoms with Crippen molar-refractivity contribution in [1.29, 1.82) is 0 Å². The molecule has 0 saturated carbocycles. The van der Waals surface area contributed by atoms with Crippen LogP contribution in [0.25, 0.3) is 0 Å². The van der Waals surface area contributed by atoms with Gasteiger partial charge in [-0.05, 0) is 33.2 Å².